The van der Waals surface area contributed by atoms with Gasteiger partial charge in [-0.05, 0) is 26.7 Å². The smallest absolute Gasteiger partial charge is 0.407 e. The van der Waals surface area contributed by atoms with E-state index >= 15 is 0 Å². The summed E-state index contributed by atoms with van der Waals surface area (Å²) in [6, 6.07) is 0.639. The van der Waals surface area contributed by atoms with Crippen LogP contribution < -0.4 is 10.6 Å². The van der Waals surface area contributed by atoms with Crippen molar-refractivity contribution in [3.05, 3.63) is 0 Å². The lowest BCUT2D eigenvalue weighted by Crippen LogP contribution is -2.37. The molecule has 0 heterocycles. The number of carbonyl (C=O) groups is 1. The molecule has 4 heteroatoms. The van der Waals surface area contributed by atoms with Gasteiger partial charge in [0, 0.05) is 19.1 Å². The van der Waals surface area contributed by atoms with E-state index in [9.17, 15) is 4.79 Å². The van der Waals surface area contributed by atoms with Crippen LogP contribution >= 0.6 is 0 Å². The fourth-order valence-corrected chi connectivity index (χ4v) is 2.18. The summed E-state index contributed by atoms with van der Waals surface area (Å²) in [5.41, 5.74) is 0. The molecular weight excluding hydrogens is 216 g/mol. The van der Waals surface area contributed by atoms with Gasteiger partial charge in [0.15, 0.2) is 0 Å². The van der Waals surface area contributed by atoms with Gasteiger partial charge in [-0.3, -0.25) is 0 Å². The van der Waals surface area contributed by atoms with Crippen LogP contribution in [0.3, 0.4) is 0 Å². The third-order valence-electron chi connectivity index (χ3n) is 3.03. The maximum atomic E-state index is 11.2. The van der Waals surface area contributed by atoms with Gasteiger partial charge in [0.1, 0.15) is 0 Å². The van der Waals surface area contributed by atoms with E-state index in [1.165, 1.54) is 38.5 Å². The molecule has 100 valence electrons. The van der Waals surface area contributed by atoms with Gasteiger partial charge in [-0.15, -0.1) is 0 Å². The van der Waals surface area contributed by atoms with Crippen molar-refractivity contribution in [2.24, 2.45) is 0 Å². The first-order chi connectivity index (χ1) is 8.18. The van der Waals surface area contributed by atoms with E-state index in [1.54, 1.807) is 0 Å². The Hall–Kier alpha value is -0.770. The molecule has 0 radical (unpaired) electrons. The van der Waals surface area contributed by atoms with Crippen LogP contribution in [-0.2, 0) is 4.74 Å². The quantitative estimate of drug-likeness (QED) is 0.575. The van der Waals surface area contributed by atoms with E-state index < -0.39 is 0 Å². The molecule has 0 spiro atoms. The maximum Gasteiger partial charge on any atom is 0.407 e. The van der Waals surface area contributed by atoms with E-state index in [1.807, 2.05) is 13.8 Å². The van der Waals surface area contributed by atoms with Crippen molar-refractivity contribution in [2.75, 3.05) is 13.1 Å². The van der Waals surface area contributed by atoms with E-state index in [0.29, 0.717) is 12.6 Å². The maximum absolute atomic E-state index is 11.2. The van der Waals surface area contributed by atoms with Crippen LogP contribution in [0.25, 0.3) is 0 Å². The highest BCUT2D eigenvalue weighted by molar-refractivity contribution is 5.67. The van der Waals surface area contributed by atoms with Crippen molar-refractivity contribution in [2.45, 2.75) is 64.5 Å². The summed E-state index contributed by atoms with van der Waals surface area (Å²) in [6.45, 7) is 5.17. The zero-order chi connectivity index (χ0) is 12.5. The Balaban J connectivity index is 2.01. The Kier molecular flexibility index (Phi) is 7.01. The van der Waals surface area contributed by atoms with Crippen molar-refractivity contribution >= 4 is 6.09 Å². The van der Waals surface area contributed by atoms with Crippen LogP contribution in [0.1, 0.15) is 52.4 Å². The Bertz CT molecular complexity index is 211. The van der Waals surface area contributed by atoms with Gasteiger partial charge in [-0.1, -0.05) is 25.7 Å². The number of alkyl carbamates (subject to hydrolysis) is 1. The largest absolute Gasteiger partial charge is 0.447 e. The minimum atomic E-state index is -0.317. The molecule has 17 heavy (non-hydrogen) atoms. The number of ether oxygens (including phenoxy) is 1. The Morgan fingerprint density at radius 3 is 2.41 bits per heavy atom. The van der Waals surface area contributed by atoms with Crippen LogP contribution in [0.4, 0.5) is 4.79 Å². The van der Waals surface area contributed by atoms with Gasteiger partial charge in [0.05, 0.1) is 6.10 Å². The normalized spacial score (nSPS) is 17.8. The van der Waals surface area contributed by atoms with Gasteiger partial charge in [0.2, 0.25) is 0 Å². The Morgan fingerprint density at radius 1 is 1.18 bits per heavy atom. The predicted molar refractivity (Wildman–Crippen MR) is 69.1 cm³/mol. The van der Waals surface area contributed by atoms with Crippen molar-refractivity contribution in [3.8, 4) is 0 Å². The molecule has 0 aromatic heterocycles. The lowest BCUT2D eigenvalue weighted by molar-refractivity contribution is 0.115. The fraction of sp³-hybridized carbons (Fsp3) is 0.923. The minimum absolute atomic E-state index is 0.0511. The monoisotopic (exact) mass is 242 g/mol. The van der Waals surface area contributed by atoms with Crippen molar-refractivity contribution in [1.82, 2.24) is 10.6 Å². The molecule has 0 aliphatic heterocycles. The van der Waals surface area contributed by atoms with E-state index in [-0.39, 0.29) is 12.2 Å². The Morgan fingerprint density at radius 2 is 1.82 bits per heavy atom. The molecule has 1 fully saturated rings. The zero-order valence-electron chi connectivity index (χ0n) is 11.1. The molecule has 1 aliphatic rings. The van der Waals surface area contributed by atoms with Crippen LogP contribution in [-0.4, -0.2) is 31.3 Å². The van der Waals surface area contributed by atoms with Gasteiger partial charge >= 0.3 is 6.09 Å². The second kappa shape index (κ2) is 8.34. The number of hydrogen-bond acceptors (Lipinski definition) is 3. The van der Waals surface area contributed by atoms with Crippen LogP contribution in [0.2, 0.25) is 0 Å². The minimum Gasteiger partial charge on any atom is -0.447 e. The molecule has 0 bridgehead atoms. The van der Waals surface area contributed by atoms with Crippen molar-refractivity contribution in [3.63, 3.8) is 0 Å². The summed E-state index contributed by atoms with van der Waals surface area (Å²) in [7, 11) is 0. The van der Waals surface area contributed by atoms with Gasteiger partial charge in [-0.2, -0.15) is 0 Å². The summed E-state index contributed by atoms with van der Waals surface area (Å²) in [4.78, 5) is 11.2. The summed E-state index contributed by atoms with van der Waals surface area (Å²) in [5.74, 6) is 0. The molecule has 0 atom stereocenters. The summed E-state index contributed by atoms with van der Waals surface area (Å²) in [5, 5.41) is 6.25. The first-order valence-corrected chi connectivity index (χ1v) is 6.86. The molecule has 1 aliphatic carbocycles. The third kappa shape index (κ3) is 7.21. The van der Waals surface area contributed by atoms with E-state index in [2.05, 4.69) is 10.6 Å². The molecule has 1 saturated carbocycles. The lowest BCUT2D eigenvalue weighted by atomic mass is 10.1. The number of amides is 1. The molecular formula is C13H26N2O2. The summed E-state index contributed by atoms with van der Waals surface area (Å²) < 4.78 is 4.98. The van der Waals surface area contributed by atoms with Crippen LogP contribution in [0, 0.1) is 0 Å². The predicted octanol–water partition coefficient (Wildman–Crippen LogP) is 2.43. The zero-order valence-corrected chi connectivity index (χ0v) is 11.1. The number of carbonyl (C=O) groups excluding carboxylic acids is 1. The molecule has 1 amide bonds. The molecule has 2 N–H and O–H groups in total. The fourth-order valence-electron chi connectivity index (χ4n) is 2.18. The van der Waals surface area contributed by atoms with Gasteiger partial charge in [0.25, 0.3) is 0 Å². The van der Waals surface area contributed by atoms with Crippen LogP contribution in [0.15, 0.2) is 0 Å². The second-order valence-corrected chi connectivity index (χ2v) is 5.02. The highest BCUT2D eigenvalue weighted by Crippen LogP contribution is 2.16. The number of rotatable bonds is 5. The molecule has 0 aromatic rings. The average Bonchev–Trinajstić information content (AvgIpc) is 2.52. The van der Waals surface area contributed by atoms with Crippen molar-refractivity contribution < 1.29 is 9.53 Å². The van der Waals surface area contributed by atoms with Crippen molar-refractivity contribution in [1.29, 1.82) is 0 Å². The van der Waals surface area contributed by atoms with Gasteiger partial charge < -0.3 is 15.4 Å². The molecule has 0 aromatic carbocycles. The van der Waals surface area contributed by atoms with E-state index in [0.717, 1.165) is 6.54 Å². The second-order valence-electron chi connectivity index (χ2n) is 5.02. The summed E-state index contributed by atoms with van der Waals surface area (Å²) in [6.07, 6.45) is 7.59. The first-order valence-electron chi connectivity index (χ1n) is 6.86. The Labute approximate surface area is 104 Å². The van der Waals surface area contributed by atoms with Gasteiger partial charge in [-0.25, -0.2) is 4.79 Å². The standard InChI is InChI=1S/C13H26N2O2/c1-11(2)17-13(16)15-10-9-14-12-7-5-3-4-6-8-12/h11-12,14H,3-10H2,1-2H3,(H,15,16). The molecule has 1 rings (SSSR count). The molecule has 0 unspecified atom stereocenters. The molecule has 4 nitrogen and oxygen atoms in total. The SMILES string of the molecule is CC(C)OC(=O)NCCNC1CCCCCC1. The third-order valence-corrected chi connectivity index (χ3v) is 3.03. The highest BCUT2D eigenvalue weighted by atomic mass is 16.6. The average molecular weight is 242 g/mol. The first kappa shape index (κ1) is 14.3. The van der Waals surface area contributed by atoms with E-state index in [4.69, 9.17) is 4.74 Å². The number of hydrogen-bond donors (Lipinski definition) is 2. The highest BCUT2D eigenvalue weighted by Gasteiger charge is 2.11. The topological polar surface area (TPSA) is 50.4 Å². The lowest BCUT2D eigenvalue weighted by Gasteiger charge is -2.16. The molecule has 0 saturated heterocycles. The number of nitrogens with one attached hydrogen (secondary N) is 2. The summed E-state index contributed by atoms with van der Waals surface area (Å²) >= 11 is 0. The van der Waals surface area contributed by atoms with Crippen LogP contribution in [0.5, 0.6) is 0 Å².